The van der Waals surface area contributed by atoms with E-state index in [1.54, 1.807) is 60.3 Å². The third-order valence-electron chi connectivity index (χ3n) is 5.90. The standard InChI is InChI=1S/C28H24N2O3S2/c1-20-18-22-19-21(16-17-26(22)30(20)35(32,33)24-12-6-3-7-13-24)28(31)29-25-14-8-9-15-27(25)34-23-10-4-2-5-11-23/h2-17,19-20H,18H2,1H3,(H,29,31)/t20-/m1/s1. The summed E-state index contributed by atoms with van der Waals surface area (Å²) in [6.45, 7) is 1.89. The van der Waals surface area contributed by atoms with Gasteiger partial charge in [0.05, 0.1) is 16.3 Å². The number of carbonyl (C=O) groups is 1. The highest BCUT2D eigenvalue weighted by molar-refractivity contribution is 7.99. The lowest BCUT2D eigenvalue weighted by molar-refractivity contribution is 0.102. The normalized spacial score (nSPS) is 15.0. The van der Waals surface area contributed by atoms with E-state index < -0.39 is 10.0 Å². The molecular formula is C28H24N2O3S2. The van der Waals surface area contributed by atoms with Crippen LogP contribution in [-0.4, -0.2) is 20.4 Å². The summed E-state index contributed by atoms with van der Waals surface area (Å²) in [5.74, 6) is -0.231. The molecule has 0 saturated carbocycles. The van der Waals surface area contributed by atoms with Crippen LogP contribution in [0.2, 0.25) is 0 Å². The number of nitrogens with one attached hydrogen (secondary N) is 1. The van der Waals surface area contributed by atoms with Crippen LogP contribution in [0.15, 0.2) is 118 Å². The van der Waals surface area contributed by atoms with Crippen LogP contribution in [0.1, 0.15) is 22.8 Å². The molecule has 0 spiro atoms. The average molecular weight is 501 g/mol. The van der Waals surface area contributed by atoms with Crippen molar-refractivity contribution in [3.8, 4) is 0 Å². The molecule has 1 aliphatic heterocycles. The van der Waals surface area contributed by atoms with Gasteiger partial charge in [0.15, 0.2) is 0 Å². The molecule has 0 unspecified atom stereocenters. The van der Waals surface area contributed by atoms with Gasteiger partial charge in [-0.25, -0.2) is 8.42 Å². The Hall–Kier alpha value is -3.55. The van der Waals surface area contributed by atoms with Crippen molar-refractivity contribution >= 4 is 39.1 Å². The molecule has 0 saturated heterocycles. The van der Waals surface area contributed by atoms with Crippen molar-refractivity contribution in [3.05, 3.63) is 114 Å². The van der Waals surface area contributed by atoms with Crippen LogP contribution in [0.3, 0.4) is 0 Å². The SMILES string of the molecule is C[C@@H]1Cc2cc(C(=O)Nc3ccccc3Sc3ccccc3)ccc2N1S(=O)(=O)c1ccccc1. The number of anilines is 2. The molecule has 1 heterocycles. The third-order valence-corrected chi connectivity index (χ3v) is 8.93. The highest BCUT2D eigenvalue weighted by atomic mass is 32.2. The minimum absolute atomic E-state index is 0.231. The van der Waals surface area contributed by atoms with Gasteiger partial charge in [-0.3, -0.25) is 9.10 Å². The Kier molecular flexibility index (Phi) is 6.36. The van der Waals surface area contributed by atoms with Gasteiger partial charge in [0.2, 0.25) is 0 Å². The van der Waals surface area contributed by atoms with Gasteiger partial charge in [-0.2, -0.15) is 0 Å². The molecule has 0 fully saturated rings. The second-order valence-electron chi connectivity index (χ2n) is 8.38. The Balaban J connectivity index is 1.39. The van der Waals surface area contributed by atoms with Gasteiger partial charge in [0, 0.05) is 21.4 Å². The number of nitrogens with zero attached hydrogens (tertiary/aromatic N) is 1. The van der Waals surface area contributed by atoms with Crippen LogP contribution < -0.4 is 9.62 Å². The summed E-state index contributed by atoms with van der Waals surface area (Å²) in [5.41, 5.74) is 2.69. The van der Waals surface area contributed by atoms with E-state index in [-0.39, 0.29) is 16.8 Å². The monoisotopic (exact) mass is 500 g/mol. The van der Waals surface area contributed by atoms with Crippen molar-refractivity contribution < 1.29 is 13.2 Å². The molecule has 0 radical (unpaired) electrons. The molecule has 1 aliphatic rings. The molecule has 35 heavy (non-hydrogen) atoms. The summed E-state index contributed by atoms with van der Waals surface area (Å²) >= 11 is 1.58. The molecule has 0 aromatic heterocycles. The number of fused-ring (bicyclic) bond motifs is 1. The van der Waals surface area contributed by atoms with Gasteiger partial charge in [0.25, 0.3) is 15.9 Å². The molecule has 7 heteroatoms. The summed E-state index contributed by atoms with van der Waals surface area (Å²) in [4.78, 5) is 15.4. The Morgan fingerprint density at radius 1 is 0.886 bits per heavy atom. The molecule has 0 aliphatic carbocycles. The first-order chi connectivity index (χ1) is 16.9. The van der Waals surface area contributed by atoms with E-state index in [0.717, 1.165) is 21.0 Å². The van der Waals surface area contributed by atoms with Crippen LogP contribution >= 0.6 is 11.8 Å². The second-order valence-corrected chi connectivity index (χ2v) is 11.3. The fourth-order valence-corrected chi connectivity index (χ4v) is 6.92. The molecule has 4 aromatic carbocycles. The number of para-hydroxylation sites is 1. The number of hydrogen-bond donors (Lipinski definition) is 1. The molecule has 4 aromatic rings. The molecule has 1 amide bonds. The Labute approximate surface area is 209 Å². The van der Waals surface area contributed by atoms with Gasteiger partial charge >= 0.3 is 0 Å². The van der Waals surface area contributed by atoms with Gasteiger partial charge in [-0.15, -0.1) is 0 Å². The highest BCUT2D eigenvalue weighted by Crippen LogP contribution is 2.38. The van der Waals surface area contributed by atoms with Crippen LogP contribution in [0, 0.1) is 0 Å². The van der Waals surface area contributed by atoms with Crippen molar-refractivity contribution in [2.24, 2.45) is 0 Å². The Bertz CT molecular complexity index is 1470. The molecule has 176 valence electrons. The lowest BCUT2D eigenvalue weighted by Gasteiger charge is -2.24. The van der Waals surface area contributed by atoms with E-state index in [2.05, 4.69) is 5.32 Å². The van der Waals surface area contributed by atoms with Gasteiger partial charge in [0.1, 0.15) is 0 Å². The molecule has 5 rings (SSSR count). The first-order valence-corrected chi connectivity index (χ1v) is 13.5. The fraction of sp³-hybridized carbons (Fsp3) is 0.107. The average Bonchev–Trinajstić information content (AvgIpc) is 3.22. The number of rotatable bonds is 6. The second kappa shape index (κ2) is 9.60. The predicted octanol–water partition coefficient (Wildman–Crippen LogP) is 6.23. The predicted molar refractivity (Wildman–Crippen MR) is 141 cm³/mol. The van der Waals surface area contributed by atoms with E-state index in [4.69, 9.17) is 0 Å². The third kappa shape index (κ3) is 4.70. The number of sulfonamides is 1. The zero-order valence-electron chi connectivity index (χ0n) is 19.1. The Morgan fingerprint density at radius 2 is 1.54 bits per heavy atom. The van der Waals surface area contributed by atoms with E-state index in [1.807, 2.05) is 61.5 Å². The maximum atomic E-state index is 13.3. The summed E-state index contributed by atoms with van der Waals surface area (Å²) in [7, 11) is -3.69. The lowest BCUT2D eigenvalue weighted by atomic mass is 10.1. The van der Waals surface area contributed by atoms with E-state index in [0.29, 0.717) is 17.7 Å². The molecule has 1 N–H and O–H groups in total. The number of carbonyl (C=O) groups excluding carboxylic acids is 1. The maximum Gasteiger partial charge on any atom is 0.264 e. The van der Waals surface area contributed by atoms with Crippen LogP contribution in [-0.2, 0) is 16.4 Å². The van der Waals surface area contributed by atoms with Crippen LogP contribution in [0.5, 0.6) is 0 Å². The number of benzene rings is 4. The van der Waals surface area contributed by atoms with Crippen molar-refractivity contribution in [1.82, 2.24) is 0 Å². The summed E-state index contributed by atoms with van der Waals surface area (Å²) < 4.78 is 28.1. The lowest BCUT2D eigenvalue weighted by Crippen LogP contribution is -2.35. The van der Waals surface area contributed by atoms with Crippen LogP contribution in [0.25, 0.3) is 0 Å². The molecular weight excluding hydrogens is 476 g/mol. The quantitative estimate of drug-likeness (QED) is 0.341. The zero-order valence-corrected chi connectivity index (χ0v) is 20.7. The fourth-order valence-electron chi connectivity index (χ4n) is 4.29. The smallest absolute Gasteiger partial charge is 0.264 e. The topological polar surface area (TPSA) is 66.5 Å². The van der Waals surface area contributed by atoms with Gasteiger partial charge < -0.3 is 5.32 Å². The summed E-state index contributed by atoms with van der Waals surface area (Å²) in [5, 5.41) is 3.03. The van der Waals surface area contributed by atoms with Crippen molar-refractivity contribution in [2.75, 3.05) is 9.62 Å². The molecule has 0 bridgehead atoms. The van der Waals surface area contributed by atoms with Crippen molar-refractivity contribution in [1.29, 1.82) is 0 Å². The molecule has 1 atom stereocenters. The van der Waals surface area contributed by atoms with Crippen LogP contribution in [0.4, 0.5) is 11.4 Å². The number of hydrogen-bond acceptors (Lipinski definition) is 4. The minimum atomic E-state index is -3.69. The van der Waals surface area contributed by atoms with Crippen molar-refractivity contribution in [2.45, 2.75) is 34.1 Å². The zero-order chi connectivity index (χ0) is 24.4. The maximum absolute atomic E-state index is 13.3. The number of amides is 1. The first kappa shape index (κ1) is 23.2. The highest BCUT2D eigenvalue weighted by Gasteiger charge is 2.36. The van der Waals surface area contributed by atoms with E-state index in [9.17, 15) is 13.2 Å². The van der Waals surface area contributed by atoms with Gasteiger partial charge in [-0.05, 0) is 73.5 Å². The van der Waals surface area contributed by atoms with E-state index in [1.165, 1.54) is 4.31 Å². The van der Waals surface area contributed by atoms with Crippen molar-refractivity contribution in [3.63, 3.8) is 0 Å². The first-order valence-electron chi connectivity index (χ1n) is 11.3. The minimum Gasteiger partial charge on any atom is -0.321 e. The Morgan fingerprint density at radius 3 is 2.29 bits per heavy atom. The van der Waals surface area contributed by atoms with Gasteiger partial charge in [-0.1, -0.05) is 60.3 Å². The molecule has 5 nitrogen and oxygen atoms in total. The van der Waals surface area contributed by atoms with E-state index >= 15 is 0 Å². The largest absolute Gasteiger partial charge is 0.321 e. The summed E-state index contributed by atoms with van der Waals surface area (Å²) in [6.07, 6.45) is 0.545. The summed E-state index contributed by atoms with van der Waals surface area (Å²) in [6, 6.07) is 31.1.